The molecule has 0 radical (unpaired) electrons. The van der Waals surface area contributed by atoms with E-state index >= 15 is 0 Å². The van der Waals surface area contributed by atoms with Gasteiger partial charge in [-0.25, -0.2) is 4.79 Å². The number of amides is 1. The molecular weight excluding hydrogens is 284 g/mol. The lowest BCUT2D eigenvalue weighted by Gasteiger charge is -2.23. The molecule has 6 heteroatoms. The quantitative estimate of drug-likeness (QED) is 0.628. The van der Waals surface area contributed by atoms with Gasteiger partial charge in [0.15, 0.2) is 0 Å². The maximum atomic E-state index is 11.6. The monoisotopic (exact) mass is 310 g/mol. The van der Waals surface area contributed by atoms with Crippen molar-refractivity contribution in [2.45, 2.75) is 52.3 Å². The minimum atomic E-state index is -0.526. The first-order valence-corrected chi connectivity index (χ1v) is 7.33. The summed E-state index contributed by atoms with van der Waals surface area (Å²) in [5.41, 5.74) is 0.0746. The molecule has 0 heterocycles. The number of phenols is 2. The fourth-order valence-corrected chi connectivity index (χ4v) is 2.01. The average molecular weight is 310 g/mol. The van der Waals surface area contributed by atoms with Crippen LogP contribution >= 0.6 is 0 Å². The van der Waals surface area contributed by atoms with Gasteiger partial charge in [-0.1, -0.05) is 0 Å². The number of carbonyl (C=O) groups is 1. The van der Waals surface area contributed by atoms with Crippen LogP contribution in [0.2, 0.25) is 0 Å². The smallest absolute Gasteiger partial charge is 0.407 e. The minimum absolute atomic E-state index is 0.0377. The van der Waals surface area contributed by atoms with E-state index in [0.717, 1.165) is 0 Å². The van der Waals surface area contributed by atoms with Crippen LogP contribution in [0, 0.1) is 0 Å². The fourth-order valence-electron chi connectivity index (χ4n) is 2.01. The van der Waals surface area contributed by atoms with E-state index < -0.39 is 11.7 Å². The van der Waals surface area contributed by atoms with Gasteiger partial charge in [-0.05, 0) is 52.8 Å². The normalized spacial score (nSPS) is 14.2. The van der Waals surface area contributed by atoms with Gasteiger partial charge < -0.3 is 25.6 Å². The lowest BCUT2D eigenvalue weighted by atomic mass is 10.1. The number of rotatable bonds is 5. The molecule has 1 aromatic rings. The number of alkyl carbamates (subject to hydrolysis) is 1. The SMILES string of the molecule is CC(CNC(=O)OC(C)(C)C)NC(C)c1cc(O)ccc1O. The Balaban J connectivity index is 2.49. The first-order chi connectivity index (χ1) is 10.1. The molecule has 4 N–H and O–H groups in total. The molecular formula is C16H26N2O4. The van der Waals surface area contributed by atoms with E-state index in [4.69, 9.17) is 4.74 Å². The Morgan fingerprint density at radius 1 is 1.27 bits per heavy atom. The highest BCUT2D eigenvalue weighted by Gasteiger charge is 2.18. The zero-order valence-corrected chi connectivity index (χ0v) is 13.8. The lowest BCUT2D eigenvalue weighted by Crippen LogP contribution is -2.41. The molecule has 0 fully saturated rings. The first kappa shape index (κ1) is 18.1. The molecule has 0 saturated carbocycles. The van der Waals surface area contributed by atoms with Gasteiger partial charge in [0.05, 0.1) is 0 Å². The van der Waals surface area contributed by atoms with E-state index in [1.165, 1.54) is 18.2 Å². The van der Waals surface area contributed by atoms with Crippen LogP contribution in [-0.4, -0.2) is 34.5 Å². The topological polar surface area (TPSA) is 90.8 Å². The number of carbonyl (C=O) groups excluding carboxylic acids is 1. The Bertz CT molecular complexity index is 511. The third kappa shape index (κ3) is 6.22. The van der Waals surface area contributed by atoms with Crippen molar-refractivity contribution in [2.75, 3.05) is 6.54 Å². The Hall–Kier alpha value is -1.95. The van der Waals surface area contributed by atoms with E-state index in [1.54, 1.807) is 20.8 Å². The van der Waals surface area contributed by atoms with Crippen LogP contribution in [0.1, 0.15) is 46.2 Å². The molecule has 0 spiro atoms. The van der Waals surface area contributed by atoms with Crippen molar-refractivity contribution in [3.05, 3.63) is 23.8 Å². The number of benzene rings is 1. The maximum absolute atomic E-state index is 11.6. The second kappa shape index (κ2) is 7.35. The molecule has 0 bridgehead atoms. The predicted molar refractivity (Wildman–Crippen MR) is 85.0 cm³/mol. The molecule has 0 aromatic heterocycles. The number of phenolic OH excluding ortho intramolecular Hbond substituents is 2. The Morgan fingerprint density at radius 2 is 1.91 bits per heavy atom. The van der Waals surface area contributed by atoms with E-state index in [1.807, 2.05) is 13.8 Å². The Labute approximate surface area is 131 Å². The number of ether oxygens (including phenoxy) is 1. The van der Waals surface area contributed by atoms with Crippen molar-refractivity contribution >= 4 is 6.09 Å². The van der Waals surface area contributed by atoms with Crippen LogP contribution < -0.4 is 10.6 Å². The van der Waals surface area contributed by atoms with Crippen LogP contribution in [0.5, 0.6) is 11.5 Å². The highest BCUT2D eigenvalue weighted by Crippen LogP contribution is 2.27. The largest absolute Gasteiger partial charge is 0.508 e. The summed E-state index contributed by atoms with van der Waals surface area (Å²) < 4.78 is 5.16. The average Bonchev–Trinajstić information content (AvgIpc) is 2.37. The van der Waals surface area contributed by atoms with Crippen molar-refractivity contribution in [1.29, 1.82) is 0 Å². The van der Waals surface area contributed by atoms with Crippen molar-refractivity contribution < 1.29 is 19.7 Å². The summed E-state index contributed by atoms with van der Waals surface area (Å²) in [7, 11) is 0. The summed E-state index contributed by atoms with van der Waals surface area (Å²) in [6, 6.07) is 4.18. The third-order valence-corrected chi connectivity index (χ3v) is 2.96. The van der Waals surface area contributed by atoms with Crippen molar-refractivity contribution in [2.24, 2.45) is 0 Å². The number of nitrogens with one attached hydrogen (secondary N) is 2. The highest BCUT2D eigenvalue weighted by molar-refractivity contribution is 5.67. The summed E-state index contributed by atoms with van der Waals surface area (Å²) in [5.74, 6) is 0.214. The zero-order chi connectivity index (χ0) is 16.9. The summed E-state index contributed by atoms with van der Waals surface area (Å²) in [6.07, 6.45) is -0.464. The second-order valence-electron chi connectivity index (χ2n) is 6.42. The summed E-state index contributed by atoms with van der Waals surface area (Å²) in [5, 5.41) is 25.2. The zero-order valence-electron chi connectivity index (χ0n) is 13.8. The van der Waals surface area contributed by atoms with Crippen molar-refractivity contribution in [1.82, 2.24) is 10.6 Å². The highest BCUT2D eigenvalue weighted by atomic mass is 16.6. The molecule has 22 heavy (non-hydrogen) atoms. The van der Waals surface area contributed by atoms with Gasteiger partial charge in [0.2, 0.25) is 0 Å². The number of hydrogen-bond donors (Lipinski definition) is 4. The summed E-state index contributed by atoms with van der Waals surface area (Å²) in [4.78, 5) is 11.6. The Morgan fingerprint density at radius 3 is 2.50 bits per heavy atom. The molecule has 2 atom stereocenters. The number of hydrogen-bond acceptors (Lipinski definition) is 5. The van der Waals surface area contributed by atoms with E-state index in [2.05, 4.69) is 10.6 Å². The van der Waals surface area contributed by atoms with Crippen LogP contribution in [-0.2, 0) is 4.74 Å². The molecule has 2 unspecified atom stereocenters. The maximum Gasteiger partial charge on any atom is 0.407 e. The molecule has 6 nitrogen and oxygen atoms in total. The van der Waals surface area contributed by atoms with Gasteiger partial charge in [0, 0.05) is 24.2 Å². The standard InChI is InChI=1S/C16H26N2O4/c1-10(9-17-15(21)22-16(3,4)5)18-11(2)13-8-12(19)6-7-14(13)20/h6-8,10-11,18-20H,9H2,1-5H3,(H,17,21). The molecule has 124 valence electrons. The minimum Gasteiger partial charge on any atom is -0.508 e. The van der Waals surface area contributed by atoms with Crippen LogP contribution in [0.15, 0.2) is 18.2 Å². The molecule has 0 aliphatic rings. The van der Waals surface area contributed by atoms with Gasteiger partial charge in [0.25, 0.3) is 0 Å². The third-order valence-electron chi connectivity index (χ3n) is 2.96. The summed E-state index contributed by atoms with van der Waals surface area (Å²) >= 11 is 0. The molecule has 1 aromatic carbocycles. The fraction of sp³-hybridized carbons (Fsp3) is 0.562. The van der Waals surface area contributed by atoms with E-state index in [9.17, 15) is 15.0 Å². The Kier molecular flexibility index (Phi) is 6.05. The van der Waals surface area contributed by atoms with Crippen LogP contribution in [0.3, 0.4) is 0 Å². The van der Waals surface area contributed by atoms with Crippen LogP contribution in [0.4, 0.5) is 4.79 Å². The lowest BCUT2D eigenvalue weighted by molar-refractivity contribution is 0.0522. The van der Waals surface area contributed by atoms with Crippen LogP contribution in [0.25, 0.3) is 0 Å². The molecule has 0 aliphatic carbocycles. The van der Waals surface area contributed by atoms with Gasteiger partial charge in [-0.3, -0.25) is 0 Å². The summed E-state index contributed by atoms with van der Waals surface area (Å²) in [6.45, 7) is 9.59. The van der Waals surface area contributed by atoms with E-state index in [0.29, 0.717) is 12.1 Å². The van der Waals surface area contributed by atoms with Crippen molar-refractivity contribution in [3.63, 3.8) is 0 Å². The molecule has 1 rings (SSSR count). The van der Waals surface area contributed by atoms with Gasteiger partial charge in [0.1, 0.15) is 17.1 Å². The number of aromatic hydroxyl groups is 2. The first-order valence-electron chi connectivity index (χ1n) is 7.33. The predicted octanol–water partition coefficient (Wildman–Crippen LogP) is 2.66. The second-order valence-corrected chi connectivity index (χ2v) is 6.42. The van der Waals surface area contributed by atoms with Gasteiger partial charge in [-0.2, -0.15) is 0 Å². The molecule has 0 saturated heterocycles. The molecule has 1 amide bonds. The van der Waals surface area contributed by atoms with Gasteiger partial charge in [-0.15, -0.1) is 0 Å². The molecule has 0 aliphatic heterocycles. The van der Waals surface area contributed by atoms with Gasteiger partial charge >= 0.3 is 6.09 Å². The van der Waals surface area contributed by atoms with E-state index in [-0.39, 0.29) is 23.6 Å². The van der Waals surface area contributed by atoms with Crippen molar-refractivity contribution in [3.8, 4) is 11.5 Å².